The van der Waals surface area contributed by atoms with Gasteiger partial charge in [-0.15, -0.1) is 0 Å². The summed E-state index contributed by atoms with van der Waals surface area (Å²) in [4.78, 5) is 13.6. The van der Waals surface area contributed by atoms with Crippen molar-refractivity contribution in [2.24, 2.45) is 0 Å². The molecule has 1 N–H and O–H groups in total. The van der Waals surface area contributed by atoms with Crippen LogP contribution in [0.25, 0.3) is 0 Å². The first kappa shape index (κ1) is 14.2. The second-order valence-corrected chi connectivity index (χ2v) is 5.03. The van der Waals surface area contributed by atoms with Crippen LogP contribution in [-0.2, 0) is 0 Å². The second kappa shape index (κ2) is 6.78. The van der Waals surface area contributed by atoms with E-state index in [1.165, 1.54) is 0 Å². The predicted octanol–water partition coefficient (Wildman–Crippen LogP) is 2.40. The number of likely N-dealkylation sites (tertiary alicyclic amines) is 1. The summed E-state index contributed by atoms with van der Waals surface area (Å²) < 4.78 is 14.0. The molecule has 1 saturated heterocycles. The molecule has 1 aromatic rings. The molecular weight excluding hydrogens is 245 g/mol. The van der Waals surface area contributed by atoms with Crippen LogP contribution >= 0.6 is 0 Å². The van der Waals surface area contributed by atoms with Gasteiger partial charge in [-0.3, -0.25) is 9.69 Å². The second-order valence-electron chi connectivity index (χ2n) is 5.03. The van der Waals surface area contributed by atoms with Crippen molar-refractivity contribution < 1.29 is 14.3 Å². The lowest BCUT2D eigenvalue weighted by molar-refractivity contribution is 0.0113. The first-order valence-electron chi connectivity index (χ1n) is 6.81. The van der Waals surface area contributed by atoms with Gasteiger partial charge in [0.25, 0.3) is 0 Å². The van der Waals surface area contributed by atoms with Gasteiger partial charge in [-0.2, -0.15) is 0 Å². The summed E-state index contributed by atoms with van der Waals surface area (Å²) in [5.41, 5.74) is 0.642. The van der Waals surface area contributed by atoms with Gasteiger partial charge in [-0.1, -0.05) is 30.3 Å². The molecule has 1 atom stereocenters. The van der Waals surface area contributed by atoms with Crippen molar-refractivity contribution in [3.8, 4) is 0 Å². The Labute approximate surface area is 113 Å². The highest BCUT2D eigenvalue weighted by Crippen LogP contribution is 2.18. The lowest BCUT2D eigenvalue weighted by Crippen LogP contribution is -2.41. The van der Waals surface area contributed by atoms with E-state index in [2.05, 4.69) is 0 Å². The van der Waals surface area contributed by atoms with Gasteiger partial charge in [0.1, 0.15) is 0 Å². The maximum absolute atomic E-state index is 14.0. The van der Waals surface area contributed by atoms with Crippen LogP contribution in [0.15, 0.2) is 30.3 Å². The van der Waals surface area contributed by atoms with Gasteiger partial charge in [0.2, 0.25) is 0 Å². The van der Waals surface area contributed by atoms with E-state index in [0.717, 1.165) is 0 Å². The molecule has 1 aromatic carbocycles. The van der Waals surface area contributed by atoms with Crippen molar-refractivity contribution in [1.82, 2.24) is 4.90 Å². The van der Waals surface area contributed by atoms with E-state index in [9.17, 15) is 14.3 Å². The minimum absolute atomic E-state index is 0.0136. The van der Waals surface area contributed by atoms with E-state index in [4.69, 9.17) is 0 Å². The van der Waals surface area contributed by atoms with Crippen molar-refractivity contribution in [1.29, 1.82) is 0 Å². The van der Waals surface area contributed by atoms with E-state index in [-0.39, 0.29) is 24.7 Å². The molecule has 0 aliphatic carbocycles. The van der Waals surface area contributed by atoms with Gasteiger partial charge in [-0.05, 0) is 19.3 Å². The Balaban J connectivity index is 1.77. The minimum Gasteiger partial charge on any atom is -0.393 e. The number of carbonyl (C=O) groups excluding carboxylic acids is 1. The number of aliphatic hydroxyl groups is 1. The fraction of sp³-hybridized carbons (Fsp3) is 0.533. The first-order chi connectivity index (χ1) is 9.16. The summed E-state index contributed by atoms with van der Waals surface area (Å²) in [6.07, 6.45) is 0.309. The quantitative estimate of drug-likeness (QED) is 0.656. The average Bonchev–Trinajstić information content (AvgIpc) is 2.46. The van der Waals surface area contributed by atoms with Crippen molar-refractivity contribution in [3.05, 3.63) is 35.9 Å². The number of hydrogen-bond acceptors (Lipinski definition) is 3. The van der Waals surface area contributed by atoms with E-state index in [1.807, 2.05) is 18.2 Å². The molecule has 4 heteroatoms. The Bertz CT molecular complexity index is 402. The van der Waals surface area contributed by atoms with Crippen LogP contribution in [-0.4, -0.2) is 41.3 Å². The fourth-order valence-electron chi connectivity index (χ4n) is 2.37. The smallest absolute Gasteiger partial charge is 0.163 e. The van der Waals surface area contributed by atoms with Gasteiger partial charge >= 0.3 is 0 Å². The third kappa shape index (κ3) is 4.11. The number of ketones is 1. The molecule has 0 saturated carbocycles. The normalized spacial score (nSPS) is 19.3. The molecule has 1 heterocycles. The van der Waals surface area contributed by atoms with Crippen molar-refractivity contribution >= 4 is 5.78 Å². The molecule has 1 unspecified atom stereocenters. The van der Waals surface area contributed by atoms with Gasteiger partial charge in [0.15, 0.2) is 12.1 Å². The summed E-state index contributed by atoms with van der Waals surface area (Å²) in [6, 6.07) is 8.99. The van der Waals surface area contributed by atoms with E-state index < -0.39 is 6.30 Å². The summed E-state index contributed by atoms with van der Waals surface area (Å²) in [7, 11) is 0. The van der Waals surface area contributed by atoms with Crippen molar-refractivity contribution in [2.75, 3.05) is 13.1 Å². The third-order valence-corrected chi connectivity index (χ3v) is 3.60. The maximum Gasteiger partial charge on any atom is 0.163 e. The zero-order valence-corrected chi connectivity index (χ0v) is 11.0. The highest BCUT2D eigenvalue weighted by atomic mass is 19.1. The molecule has 2 rings (SSSR count). The Morgan fingerprint density at radius 1 is 1.32 bits per heavy atom. The molecule has 0 radical (unpaired) electrons. The van der Waals surface area contributed by atoms with Gasteiger partial charge in [0.05, 0.1) is 6.10 Å². The van der Waals surface area contributed by atoms with Crippen LogP contribution in [0.2, 0.25) is 0 Å². The van der Waals surface area contributed by atoms with Crippen molar-refractivity contribution in [3.63, 3.8) is 0 Å². The Kier molecular flexibility index (Phi) is 5.05. The van der Waals surface area contributed by atoms with Gasteiger partial charge < -0.3 is 5.11 Å². The van der Waals surface area contributed by atoms with Crippen LogP contribution in [0.5, 0.6) is 0 Å². The molecule has 1 fully saturated rings. The first-order valence-corrected chi connectivity index (χ1v) is 6.81. The Morgan fingerprint density at radius 2 is 1.95 bits per heavy atom. The molecule has 19 heavy (non-hydrogen) atoms. The molecule has 104 valence electrons. The Morgan fingerprint density at radius 3 is 2.58 bits per heavy atom. The maximum atomic E-state index is 14.0. The van der Waals surface area contributed by atoms with Crippen molar-refractivity contribution in [2.45, 2.75) is 38.1 Å². The molecule has 3 nitrogen and oxygen atoms in total. The lowest BCUT2D eigenvalue weighted by atomic mass is 10.0. The molecule has 1 aliphatic rings. The van der Waals surface area contributed by atoms with E-state index in [1.54, 1.807) is 17.0 Å². The summed E-state index contributed by atoms with van der Waals surface area (Å²) >= 11 is 0. The summed E-state index contributed by atoms with van der Waals surface area (Å²) in [5, 5.41) is 9.37. The highest BCUT2D eigenvalue weighted by molar-refractivity contribution is 5.95. The number of carbonyl (C=O) groups is 1. The molecule has 1 aliphatic heterocycles. The van der Waals surface area contributed by atoms with Crippen LogP contribution < -0.4 is 0 Å². The standard InChI is InChI=1S/C15H20FNO2/c16-15(17-10-8-13(18)9-11-17)7-6-14(19)12-4-2-1-3-5-12/h1-5,13,15,18H,6-11H2. The van der Waals surface area contributed by atoms with Gasteiger partial charge in [0, 0.05) is 25.1 Å². The topological polar surface area (TPSA) is 40.5 Å². The molecule has 0 amide bonds. The molecular formula is C15H20FNO2. The van der Waals surface area contributed by atoms with Crippen LogP contribution in [0.1, 0.15) is 36.0 Å². The average molecular weight is 265 g/mol. The SMILES string of the molecule is O=C(CCC(F)N1CCC(O)CC1)c1ccccc1. The molecule has 0 aromatic heterocycles. The number of rotatable bonds is 5. The molecule has 0 bridgehead atoms. The largest absolute Gasteiger partial charge is 0.393 e. The number of benzene rings is 1. The van der Waals surface area contributed by atoms with Crippen LogP contribution in [0.4, 0.5) is 4.39 Å². The van der Waals surface area contributed by atoms with E-state index >= 15 is 0 Å². The number of Topliss-reactive ketones (excluding diaryl/α,β-unsaturated/α-hetero) is 1. The zero-order chi connectivity index (χ0) is 13.7. The lowest BCUT2D eigenvalue weighted by Gasteiger charge is -2.31. The fourth-order valence-corrected chi connectivity index (χ4v) is 2.37. The number of hydrogen-bond donors (Lipinski definition) is 1. The highest BCUT2D eigenvalue weighted by Gasteiger charge is 2.24. The van der Waals surface area contributed by atoms with Crippen LogP contribution in [0.3, 0.4) is 0 Å². The van der Waals surface area contributed by atoms with E-state index in [0.29, 0.717) is 31.5 Å². The number of piperidine rings is 1. The summed E-state index contributed by atoms with van der Waals surface area (Å²) in [6.45, 7) is 1.14. The number of halogens is 1. The third-order valence-electron chi connectivity index (χ3n) is 3.60. The van der Waals surface area contributed by atoms with Gasteiger partial charge in [-0.25, -0.2) is 4.39 Å². The monoisotopic (exact) mass is 265 g/mol. The zero-order valence-electron chi connectivity index (χ0n) is 11.0. The molecule has 0 spiro atoms. The summed E-state index contributed by atoms with van der Waals surface area (Å²) in [5.74, 6) is -0.0136. The number of alkyl halides is 1. The number of aliphatic hydroxyl groups excluding tert-OH is 1. The predicted molar refractivity (Wildman–Crippen MR) is 71.7 cm³/mol. The minimum atomic E-state index is -1.08. The Hall–Kier alpha value is -1.26. The number of nitrogens with zero attached hydrogens (tertiary/aromatic N) is 1. The van der Waals surface area contributed by atoms with Crippen LogP contribution in [0, 0.1) is 0 Å².